The highest BCUT2D eigenvalue weighted by atomic mass is 16.1. The Hall–Kier alpha value is -0.990. The van der Waals surface area contributed by atoms with E-state index in [1.807, 2.05) is 6.92 Å². The molecule has 44 valence electrons. The van der Waals surface area contributed by atoms with Crippen LogP contribution in [0.15, 0.2) is 17.1 Å². The van der Waals surface area contributed by atoms with E-state index >= 15 is 0 Å². The Kier molecular flexibility index (Phi) is 1.20. The molecule has 0 aliphatic carbocycles. The zero-order chi connectivity index (χ0) is 5.98. The summed E-state index contributed by atoms with van der Waals surface area (Å²) in [5.41, 5.74) is -0.0353. The van der Waals surface area contributed by atoms with Gasteiger partial charge >= 0.3 is 0 Å². The van der Waals surface area contributed by atoms with Gasteiger partial charge in [-0.25, -0.2) is 0 Å². The van der Waals surface area contributed by atoms with E-state index in [9.17, 15) is 4.79 Å². The summed E-state index contributed by atoms with van der Waals surface area (Å²) < 4.78 is 1.72. The smallest absolute Gasteiger partial charge is 0.264 e. The predicted octanol–water partition coefficient (Wildman–Crippen LogP) is 0.196. The van der Waals surface area contributed by atoms with Crippen molar-refractivity contribution in [2.75, 3.05) is 0 Å². The van der Waals surface area contributed by atoms with Crippen LogP contribution in [-0.2, 0) is 6.54 Å². The molecule has 0 saturated heterocycles. The van der Waals surface area contributed by atoms with Crippen LogP contribution in [0.25, 0.3) is 0 Å². The third kappa shape index (κ3) is 0.804. The number of aromatic nitrogens is 2. The van der Waals surface area contributed by atoms with Crippen LogP contribution in [0.1, 0.15) is 6.92 Å². The molecule has 0 fully saturated rings. The van der Waals surface area contributed by atoms with Gasteiger partial charge in [0.05, 0.1) is 0 Å². The van der Waals surface area contributed by atoms with Crippen molar-refractivity contribution in [2.45, 2.75) is 13.5 Å². The SMILES string of the molecule is CCn1ccc(=O)[nH]1. The Morgan fingerprint density at radius 1 is 1.88 bits per heavy atom. The first kappa shape index (κ1) is 5.15. The van der Waals surface area contributed by atoms with Gasteiger partial charge in [0, 0.05) is 18.8 Å². The topological polar surface area (TPSA) is 37.8 Å². The summed E-state index contributed by atoms with van der Waals surface area (Å²) in [4.78, 5) is 10.4. The fraction of sp³-hybridized carbons (Fsp3) is 0.400. The molecule has 0 aliphatic heterocycles. The predicted molar refractivity (Wildman–Crippen MR) is 30.7 cm³/mol. The van der Waals surface area contributed by atoms with Gasteiger partial charge < -0.3 is 0 Å². The molecule has 0 aliphatic rings. The first-order valence-corrected chi connectivity index (χ1v) is 2.58. The number of aromatic amines is 1. The van der Waals surface area contributed by atoms with Gasteiger partial charge in [-0.2, -0.15) is 0 Å². The second-order valence-electron chi connectivity index (χ2n) is 1.58. The van der Waals surface area contributed by atoms with Gasteiger partial charge in [0.1, 0.15) is 0 Å². The summed E-state index contributed by atoms with van der Waals surface area (Å²) in [7, 11) is 0. The summed E-state index contributed by atoms with van der Waals surface area (Å²) in [6.07, 6.45) is 1.72. The molecular formula is C5H8N2O. The van der Waals surface area contributed by atoms with Crippen LogP contribution in [0.4, 0.5) is 0 Å². The van der Waals surface area contributed by atoms with Crippen molar-refractivity contribution in [1.29, 1.82) is 0 Å². The normalized spacial score (nSPS) is 9.62. The van der Waals surface area contributed by atoms with Crippen molar-refractivity contribution in [3.8, 4) is 0 Å². The first-order chi connectivity index (χ1) is 3.83. The molecule has 3 nitrogen and oxygen atoms in total. The van der Waals surface area contributed by atoms with Crippen LogP contribution in [0.2, 0.25) is 0 Å². The third-order valence-electron chi connectivity index (χ3n) is 1.00. The minimum absolute atomic E-state index is 0.0353. The average Bonchev–Trinajstić information content (AvgIpc) is 2.14. The maximum absolute atomic E-state index is 10.4. The van der Waals surface area contributed by atoms with Crippen molar-refractivity contribution in [3.05, 3.63) is 22.6 Å². The van der Waals surface area contributed by atoms with Crippen LogP contribution in [0.3, 0.4) is 0 Å². The van der Waals surface area contributed by atoms with Gasteiger partial charge in [-0.05, 0) is 6.92 Å². The average molecular weight is 112 g/mol. The highest BCUT2D eigenvalue weighted by Crippen LogP contribution is 1.74. The van der Waals surface area contributed by atoms with Crippen LogP contribution < -0.4 is 5.56 Å². The van der Waals surface area contributed by atoms with Gasteiger partial charge in [0.25, 0.3) is 5.56 Å². The van der Waals surface area contributed by atoms with Crippen LogP contribution in [-0.4, -0.2) is 9.78 Å². The Balaban J connectivity index is 3.01. The molecule has 0 radical (unpaired) electrons. The van der Waals surface area contributed by atoms with E-state index in [0.717, 1.165) is 6.54 Å². The lowest BCUT2D eigenvalue weighted by Gasteiger charge is -1.89. The molecule has 1 aromatic rings. The molecule has 0 amide bonds. The molecule has 0 bridgehead atoms. The molecule has 1 aromatic heterocycles. The van der Waals surface area contributed by atoms with Gasteiger partial charge in [0.15, 0.2) is 0 Å². The molecule has 3 heteroatoms. The third-order valence-corrected chi connectivity index (χ3v) is 1.00. The van der Waals surface area contributed by atoms with Crippen molar-refractivity contribution >= 4 is 0 Å². The molecule has 1 heterocycles. The fourth-order valence-electron chi connectivity index (χ4n) is 0.558. The number of aryl methyl sites for hydroxylation is 1. The Labute approximate surface area is 46.9 Å². The lowest BCUT2D eigenvalue weighted by atomic mass is 10.7. The second-order valence-corrected chi connectivity index (χ2v) is 1.58. The maximum atomic E-state index is 10.4. The quantitative estimate of drug-likeness (QED) is 0.553. The highest BCUT2D eigenvalue weighted by molar-refractivity contribution is 4.78. The summed E-state index contributed by atoms with van der Waals surface area (Å²) in [6.45, 7) is 2.79. The fourth-order valence-corrected chi connectivity index (χ4v) is 0.558. The van der Waals surface area contributed by atoms with E-state index < -0.39 is 0 Å². The Morgan fingerprint density at radius 2 is 2.62 bits per heavy atom. The molecule has 0 atom stereocenters. The standard InChI is InChI=1S/C5H8N2O/c1-2-7-4-3-5(8)6-7/h3-4H,2H2,1H3,(H,6,8). The van der Waals surface area contributed by atoms with E-state index in [0.29, 0.717) is 0 Å². The number of H-pyrrole nitrogens is 1. The molecular weight excluding hydrogens is 104 g/mol. The van der Waals surface area contributed by atoms with E-state index in [1.54, 1.807) is 10.9 Å². The number of hydrogen-bond acceptors (Lipinski definition) is 1. The van der Waals surface area contributed by atoms with Gasteiger partial charge in [-0.1, -0.05) is 0 Å². The molecule has 0 unspecified atom stereocenters. The van der Waals surface area contributed by atoms with Crippen LogP contribution >= 0.6 is 0 Å². The first-order valence-electron chi connectivity index (χ1n) is 2.58. The Morgan fingerprint density at radius 3 is 2.88 bits per heavy atom. The zero-order valence-electron chi connectivity index (χ0n) is 4.72. The zero-order valence-corrected chi connectivity index (χ0v) is 4.72. The van der Waals surface area contributed by atoms with E-state index in [4.69, 9.17) is 0 Å². The van der Waals surface area contributed by atoms with E-state index in [2.05, 4.69) is 5.10 Å². The molecule has 1 rings (SSSR count). The molecule has 8 heavy (non-hydrogen) atoms. The van der Waals surface area contributed by atoms with Crippen molar-refractivity contribution in [1.82, 2.24) is 9.78 Å². The van der Waals surface area contributed by atoms with E-state index in [1.165, 1.54) is 6.07 Å². The number of rotatable bonds is 1. The lowest BCUT2D eigenvalue weighted by molar-refractivity contribution is 0.653. The summed E-state index contributed by atoms with van der Waals surface area (Å²) in [6, 6.07) is 1.50. The van der Waals surface area contributed by atoms with Crippen molar-refractivity contribution < 1.29 is 0 Å². The highest BCUT2D eigenvalue weighted by Gasteiger charge is 1.83. The van der Waals surface area contributed by atoms with Crippen LogP contribution in [0, 0.1) is 0 Å². The minimum Gasteiger partial charge on any atom is -0.293 e. The molecule has 1 N–H and O–H groups in total. The Bertz CT molecular complexity index is 210. The van der Waals surface area contributed by atoms with Gasteiger partial charge in [0.2, 0.25) is 0 Å². The lowest BCUT2D eigenvalue weighted by Crippen LogP contribution is -2.02. The van der Waals surface area contributed by atoms with Crippen LogP contribution in [0.5, 0.6) is 0 Å². The van der Waals surface area contributed by atoms with Gasteiger partial charge in [-0.15, -0.1) is 0 Å². The molecule has 0 spiro atoms. The maximum Gasteiger partial charge on any atom is 0.264 e. The number of hydrogen-bond donors (Lipinski definition) is 1. The van der Waals surface area contributed by atoms with Crippen molar-refractivity contribution in [2.24, 2.45) is 0 Å². The summed E-state index contributed by atoms with van der Waals surface area (Å²) >= 11 is 0. The summed E-state index contributed by atoms with van der Waals surface area (Å²) in [5.74, 6) is 0. The minimum atomic E-state index is -0.0353. The molecule has 0 aromatic carbocycles. The van der Waals surface area contributed by atoms with Gasteiger partial charge in [-0.3, -0.25) is 14.6 Å². The second kappa shape index (κ2) is 1.86. The summed E-state index contributed by atoms with van der Waals surface area (Å²) in [5, 5.41) is 2.59. The number of nitrogens with one attached hydrogen (secondary N) is 1. The van der Waals surface area contributed by atoms with Crippen molar-refractivity contribution in [3.63, 3.8) is 0 Å². The van der Waals surface area contributed by atoms with E-state index in [-0.39, 0.29) is 5.56 Å². The number of nitrogens with zero attached hydrogens (tertiary/aromatic N) is 1. The largest absolute Gasteiger partial charge is 0.293 e. The molecule has 0 saturated carbocycles. The monoisotopic (exact) mass is 112 g/mol.